The van der Waals surface area contributed by atoms with E-state index in [9.17, 15) is 13.6 Å². The second-order valence-corrected chi connectivity index (χ2v) is 8.76. The second kappa shape index (κ2) is 8.72. The Morgan fingerprint density at radius 2 is 1.64 bits per heavy atom. The van der Waals surface area contributed by atoms with Crippen LogP contribution in [0, 0.1) is 0 Å². The number of amides is 1. The molecule has 3 aromatic rings. The lowest BCUT2D eigenvalue weighted by atomic mass is 9.92. The third kappa shape index (κ3) is 4.43. The van der Waals surface area contributed by atoms with Gasteiger partial charge >= 0.3 is 0 Å². The molecular weight excluding hydrogens is 426 g/mol. The molecule has 0 N–H and O–H groups in total. The minimum absolute atomic E-state index is 0.0409. The van der Waals surface area contributed by atoms with Gasteiger partial charge in [0.15, 0.2) is 0 Å². The maximum atomic E-state index is 13.3. The predicted molar refractivity (Wildman–Crippen MR) is 121 cm³/mol. The fourth-order valence-electron chi connectivity index (χ4n) is 4.54. The van der Waals surface area contributed by atoms with Crippen LogP contribution in [0.3, 0.4) is 0 Å². The number of hydrogen-bond acceptors (Lipinski definition) is 4. The Morgan fingerprint density at radius 1 is 0.939 bits per heavy atom. The molecule has 1 saturated heterocycles. The van der Waals surface area contributed by atoms with E-state index in [-0.39, 0.29) is 25.4 Å². The number of halogens is 2. The maximum Gasteiger partial charge on any atom is 0.254 e. The fourth-order valence-corrected chi connectivity index (χ4v) is 4.54. The minimum Gasteiger partial charge on any atom is -0.459 e. The van der Waals surface area contributed by atoms with Gasteiger partial charge in [0.1, 0.15) is 18.1 Å². The van der Waals surface area contributed by atoms with Gasteiger partial charge in [0.2, 0.25) is 0 Å². The molecule has 2 aromatic carbocycles. The second-order valence-electron chi connectivity index (χ2n) is 8.76. The molecule has 2 aliphatic heterocycles. The van der Waals surface area contributed by atoms with Crippen LogP contribution >= 0.6 is 0 Å². The molecule has 0 saturated carbocycles. The molecule has 0 atom stereocenters. The van der Waals surface area contributed by atoms with E-state index in [0.717, 1.165) is 33.6 Å². The number of furan rings is 1. The third-order valence-corrected chi connectivity index (χ3v) is 6.40. The van der Waals surface area contributed by atoms with Gasteiger partial charge in [-0.3, -0.25) is 9.69 Å². The van der Waals surface area contributed by atoms with Gasteiger partial charge in [-0.05, 0) is 34.9 Å². The SMILES string of the molecule is CN1Cc2c(cccc2-c2ccccc2-c2ccc(COCN3CCC(F)(F)CC3)o2)C1=O. The standard InChI is InChI=1S/C26H26F2N2O3/c1-29-15-23-20(7-4-8-22(23)25(29)31)19-5-2-3-6-21(19)24-10-9-18(33-24)16-32-17-30-13-11-26(27,28)12-14-30/h2-10H,11-17H2,1H3. The van der Waals surface area contributed by atoms with Gasteiger partial charge in [-0.15, -0.1) is 0 Å². The van der Waals surface area contributed by atoms with E-state index < -0.39 is 5.92 Å². The smallest absolute Gasteiger partial charge is 0.254 e. The van der Waals surface area contributed by atoms with Crippen molar-refractivity contribution in [2.75, 3.05) is 26.9 Å². The Hall–Kier alpha value is -3.03. The van der Waals surface area contributed by atoms with Gasteiger partial charge < -0.3 is 14.1 Å². The lowest BCUT2D eigenvalue weighted by Crippen LogP contribution is -2.40. The Bertz CT molecular complexity index is 1160. The normalized spacial score (nSPS) is 18.0. The highest BCUT2D eigenvalue weighted by Gasteiger charge is 2.34. The maximum absolute atomic E-state index is 13.3. The van der Waals surface area contributed by atoms with Crippen LogP contribution in [0.5, 0.6) is 0 Å². The molecule has 0 spiro atoms. The lowest BCUT2D eigenvalue weighted by Gasteiger charge is -2.31. The van der Waals surface area contributed by atoms with Crippen LogP contribution in [0.15, 0.2) is 59.0 Å². The highest BCUT2D eigenvalue weighted by Crippen LogP contribution is 2.38. The topological polar surface area (TPSA) is 45.9 Å². The zero-order valence-corrected chi connectivity index (χ0v) is 18.5. The van der Waals surface area contributed by atoms with E-state index in [2.05, 4.69) is 0 Å². The monoisotopic (exact) mass is 452 g/mol. The number of carbonyl (C=O) groups excluding carboxylic acids is 1. The summed E-state index contributed by atoms with van der Waals surface area (Å²) in [5.41, 5.74) is 4.75. The van der Waals surface area contributed by atoms with E-state index in [0.29, 0.717) is 32.1 Å². The van der Waals surface area contributed by atoms with Gasteiger partial charge in [0, 0.05) is 50.7 Å². The molecule has 0 unspecified atom stereocenters. The van der Waals surface area contributed by atoms with Crippen molar-refractivity contribution in [3.63, 3.8) is 0 Å². The van der Waals surface area contributed by atoms with E-state index in [4.69, 9.17) is 9.15 Å². The summed E-state index contributed by atoms with van der Waals surface area (Å²) < 4.78 is 38.4. The number of rotatable bonds is 6. The molecule has 1 fully saturated rings. The first-order valence-corrected chi connectivity index (χ1v) is 11.1. The molecule has 7 heteroatoms. The van der Waals surface area contributed by atoms with Crippen molar-refractivity contribution in [2.24, 2.45) is 0 Å². The van der Waals surface area contributed by atoms with Crippen LogP contribution < -0.4 is 0 Å². The summed E-state index contributed by atoms with van der Waals surface area (Å²) in [7, 11) is 1.81. The van der Waals surface area contributed by atoms with Crippen LogP contribution in [0.2, 0.25) is 0 Å². The number of likely N-dealkylation sites (tertiary alicyclic amines) is 1. The summed E-state index contributed by atoms with van der Waals surface area (Å²) in [5.74, 6) is -1.12. The summed E-state index contributed by atoms with van der Waals surface area (Å²) in [6.45, 7) is 1.83. The molecule has 3 heterocycles. The number of carbonyl (C=O) groups is 1. The quantitative estimate of drug-likeness (QED) is 0.502. The molecule has 33 heavy (non-hydrogen) atoms. The van der Waals surface area contributed by atoms with Gasteiger partial charge in [0.05, 0.1) is 6.73 Å². The van der Waals surface area contributed by atoms with Gasteiger partial charge in [-0.25, -0.2) is 8.78 Å². The average Bonchev–Trinajstić information content (AvgIpc) is 3.39. The van der Waals surface area contributed by atoms with E-state index in [1.165, 1.54) is 0 Å². The Kier molecular flexibility index (Phi) is 5.76. The van der Waals surface area contributed by atoms with Gasteiger partial charge in [-0.1, -0.05) is 36.4 Å². The zero-order valence-electron chi connectivity index (χ0n) is 18.5. The van der Waals surface area contributed by atoms with Gasteiger partial charge in [-0.2, -0.15) is 0 Å². The number of piperidine rings is 1. The fraction of sp³-hybridized carbons (Fsp3) is 0.346. The van der Waals surface area contributed by atoms with Crippen LogP contribution in [0.1, 0.15) is 34.5 Å². The molecule has 1 aromatic heterocycles. The third-order valence-electron chi connectivity index (χ3n) is 6.40. The summed E-state index contributed by atoms with van der Waals surface area (Å²) in [6.07, 6.45) is -0.245. The molecular formula is C26H26F2N2O3. The van der Waals surface area contributed by atoms with Crippen LogP contribution in [-0.2, 0) is 17.9 Å². The summed E-state index contributed by atoms with van der Waals surface area (Å²) in [4.78, 5) is 16.1. The predicted octanol–water partition coefficient (Wildman–Crippen LogP) is 5.40. The molecule has 172 valence electrons. The van der Waals surface area contributed by atoms with Crippen LogP contribution in [0.4, 0.5) is 8.78 Å². The summed E-state index contributed by atoms with van der Waals surface area (Å²) in [6, 6.07) is 17.6. The summed E-state index contributed by atoms with van der Waals surface area (Å²) in [5, 5.41) is 0. The molecule has 0 bridgehead atoms. The van der Waals surface area contributed by atoms with E-state index >= 15 is 0 Å². The molecule has 5 nitrogen and oxygen atoms in total. The first-order valence-electron chi connectivity index (χ1n) is 11.1. The number of benzene rings is 2. The number of nitrogens with zero attached hydrogens (tertiary/aromatic N) is 2. The zero-order chi connectivity index (χ0) is 23.0. The first-order chi connectivity index (χ1) is 15.9. The number of fused-ring (bicyclic) bond motifs is 1. The average molecular weight is 453 g/mol. The lowest BCUT2D eigenvalue weighted by molar-refractivity contribution is -0.0824. The molecule has 2 aliphatic rings. The van der Waals surface area contributed by atoms with Gasteiger partial charge in [0.25, 0.3) is 11.8 Å². The van der Waals surface area contributed by atoms with Crippen molar-refractivity contribution >= 4 is 5.91 Å². The highest BCUT2D eigenvalue weighted by atomic mass is 19.3. The highest BCUT2D eigenvalue weighted by molar-refractivity contribution is 6.01. The molecule has 1 amide bonds. The van der Waals surface area contributed by atoms with E-state index in [1.807, 2.05) is 66.5 Å². The van der Waals surface area contributed by atoms with Crippen LogP contribution in [-0.4, -0.2) is 48.5 Å². The molecule has 0 aliphatic carbocycles. The molecule has 5 rings (SSSR count). The largest absolute Gasteiger partial charge is 0.459 e. The van der Waals surface area contributed by atoms with Crippen molar-refractivity contribution in [1.29, 1.82) is 0 Å². The Labute approximate surface area is 191 Å². The van der Waals surface area contributed by atoms with E-state index in [1.54, 1.807) is 4.90 Å². The summed E-state index contributed by atoms with van der Waals surface area (Å²) >= 11 is 0. The van der Waals surface area contributed by atoms with Crippen LogP contribution in [0.25, 0.3) is 22.5 Å². The Morgan fingerprint density at radius 3 is 2.42 bits per heavy atom. The number of hydrogen-bond donors (Lipinski definition) is 0. The first kappa shape index (κ1) is 21.8. The minimum atomic E-state index is -2.55. The number of alkyl halides is 2. The number of ether oxygens (including phenoxy) is 1. The molecule has 0 radical (unpaired) electrons. The van der Waals surface area contributed by atoms with Crippen molar-refractivity contribution < 1.29 is 22.7 Å². The van der Waals surface area contributed by atoms with Crippen molar-refractivity contribution in [3.05, 3.63) is 71.5 Å². The van der Waals surface area contributed by atoms with Crippen molar-refractivity contribution in [2.45, 2.75) is 31.9 Å². The Balaban J connectivity index is 1.31. The van der Waals surface area contributed by atoms with Crippen molar-refractivity contribution in [1.82, 2.24) is 9.80 Å². The van der Waals surface area contributed by atoms with Crippen molar-refractivity contribution in [3.8, 4) is 22.5 Å².